The Balaban J connectivity index is 1.87. The molecule has 0 aliphatic carbocycles. The first kappa shape index (κ1) is 20.7. The average Bonchev–Trinajstić information content (AvgIpc) is 2.67. The maximum absolute atomic E-state index is 13.4. The van der Waals surface area contributed by atoms with Gasteiger partial charge >= 0.3 is 6.18 Å². The van der Waals surface area contributed by atoms with Crippen LogP contribution in [0.15, 0.2) is 47.5 Å². The zero-order valence-corrected chi connectivity index (χ0v) is 15.4. The highest BCUT2D eigenvalue weighted by molar-refractivity contribution is 6.32. The maximum Gasteiger partial charge on any atom is 0.417 e. The summed E-state index contributed by atoms with van der Waals surface area (Å²) in [7, 11) is 0. The highest BCUT2D eigenvalue weighted by Crippen LogP contribution is 2.29. The van der Waals surface area contributed by atoms with Crippen molar-refractivity contribution in [3.8, 4) is 5.82 Å². The SMILES string of the molecule is CC(Nc1cnn(-c2ccc(C(F)(F)F)cn2)c(=O)c1Cl)c1ccc(F)c(F)c1. The second-order valence-electron chi connectivity index (χ2n) is 6.03. The first-order valence-corrected chi connectivity index (χ1v) is 8.48. The number of pyridine rings is 1. The van der Waals surface area contributed by atoms with Gasteiger partial charge in [-0.25, -0.2) is 13.8 Å². The van der Waals surface area contributed by atoms with Crippen LogP contribution < -0.4 is 10.9 Å². The van der Waals surface area contributed by atoms with Gasteiger partial charge in [0.25, 0.3) is 5.56 Å². The van der Waals surface area contributed by atoms with Crippen LogP contribution in [0.2, 0.25) is 5.02 Å². The molecular weight excluding hydrogens is 419 g/mol. The molecule has 0 fully saturated rings. The number of aromatic nitrogens is 3. The summed E-state index contributed by atoms with van der Waals surface area (Å²) in [6.45, 7) is 1.63. The van der Waals surface area contributed by atoms with Gasteiger partial charge in [0.1, 0.15) is 5.02 Å². The molecule has 152 valence electrons. The van der Waals surface area contributed by atoms with Crippen molar-refractivity contribution in [1.82, 2.24) is 14.8 Å². The van der Waals surface area contributed by atoms with E-state index in [-0.39, 0.29) is 16.5 Å². The van der Waals surface area contributed by atoms with Crippen molar-refractivity contribution in [3.05, 3.63) is 80.9 Å². The van der Waals surface area contributed by atoms with Crippen molar-refractivity contribution in [3.63, 3.8) is 0 Å². The summed E-state index contributed by atoms with van der Waals surface area (Å²) in [5.74, 6) is -2.17. The molecule has 0 spiro atoms. The Labute approximate surface area is 165 Å². The molecule has 0 saturated carbocycles. The predicted octanol–water partition coefficient (Wildman–Crippen LogP) is 4.75. The van der Waals surface area contributed by atoms with Crippen molar-refractivity contribution in [2.45, 2.75) is 19.1 Å². The second-order valence-corrected chi connectivity index (χ2v) is 6.41. The molecule has 5 nitrogen and oxygen atoms in total. The summed E-state index contributed by atoms with van der Waals surface area (Å²) in [5.41, 5.74) is -1.29. The number of hydrogen-bond acceptors (Lipinski definition) is 4. The molecule has 29 heavy (non-hydrogen) atoms. The average molecular weight is 431 g/mol. The number of nitrogens with zero attached hydrogens (tertiary/aromatic N) is 3. The summed E-state index contributed by atoms with van der Waals surface area (Å²) in [4.78, 5) is 16.0. The third-order valence-electron chi connectivity index (χ3n) is 4.03. The lowest BCUT2D eigenvalue weighted by Gasteiger charge is -2.17. The van der Waals surface area contributed by atoms with E-state index in [1.54, 1.807) is 6.92 Å². The van der Waals surface area contributed by atoms with Crippen molar-refractivity contribution in [2.75, 3.05) is 5.32 Å². The summed E-state index contributed by atoms with van der Waals surface area (Å²) < 4.78 is 65.1. The fourth-order valence-electron chi connectivity index (χ4n) is 2.47. The fraction of sp³-hybridized carbons (Fsp3) is 0.167. The zero-order valence-electron chi connectivity index (χ0n) is 14.6. The summed E-state index contributed by atoms with van der Waals surface area (Å²) in [6.07, 6.45) is -2.81. The molecule has 0 aliphatic rings. The van der Waals surface area contributed by atoms with Crippen molar-refractivity contribution < 1.29 is 22.0 Å². The van der Waals surface area contributed by atoms with Gasteiger partial charge in [-0.3, -0.25) is 4.79 Å². The topological polar surface area (TPSA) is 59.8 Å². The van der Waals surface area contributed by atoms with Gasteiger partial charge in [-0.15, -0.1) is 0 Å². The number of anilines is 1. The van der Waals surface area contributed by atoms with Crippen LogP contribution in [0.5, 0.6) is 0 Å². The van der Waals surface area contributed by atoms with Crippen molar-refractivity contribution in [1.29, 1.82) is 0 Å². The lowest BCUT2D eigenvalue weighted by atomic mass is 10.1. The minimum absolute atomic E-state index is 0.108. The third-order valence-corrected chi connectivity index (χ3v) is 4.39. The minimum atomic E-state index is -4.56. The largest absolute Gasteiger partial charge is 0.417 e. The standard InChI is InChI=1S/C18H12ClF5N4O/c1-9(10-2-4-12(20)13(21)6-10)27-14-8-26-28(17(29)16(14)19)15-5-3-11(7-25-15)18(22,23)24/h2-9,27H,1H3. The summed E-state index contributed by atoms with van der Waals surface area (Å²) in [5, 5.41) is 6.42. The Hall–Kier alpha value is -3.01. The molecule has 0 saturated heterocycles. The number of hydrogen-bond donors (Lipinski definition) is 1. The van der Waals surface area contributed by atoms with Gasteiger partial charge in [-0.1, -0.05) is 17.7 Å². The maximum atomic E-state index is 13.4. The zero-order chi connectivity index (χ0) is 21.3. The molecule has 1 aromatic carbocycles. The predicted molar refractivity (Wildman–Crippen MR) is 96.0 cm³/mol. The van der Waals surface area contributed by atoms with Crippen LogP contribution in [-0.4, -0.2) is 14.8 Å². The molecule has 2 heterocycles. The van der Waals surface area contributed by atoms with E-state index in [0.717, 1.165) is 28.9 Å². The van der Waals surface area contributed by atoms with Gasteiger partial charge < -0.3 is 5.32 Å². The van der Waals surface area contributed by atoms with Crippen LogP contribution in [0.25, 0.3) is 5.82 Å². The molecule has 0 bridgehead atoms. The molecule has 1 N–H and O–H groups in total. The molecule has 1 unspecified atom stereocenters. The van der Waals surface area contributed by atoms with Gasteiger partial charge in [-0.05, 0) is 36.8 Å². The number of benzene rings is 1. The van der Waals surface area contributed by atoms with Gasteiger partial charge in [-0.2, -0.15) is 23.0 Å². The molecule has 0 aliphatic heterocycles. The Kier molecular flexibility index (Phi) is 5.56. The number of halogens is 6. The molecule has 11 heteroatoms. The van der Waals surface area contributed by atoms with E-state index in [4.69, 9.17) is 11.6 Å². The van der Waals surface area contributed by atoms with E-state index in [1.807, 2.05) is 0 Å². The van der Waals surface area contributed by atoms with E-state index in [2.05, 4.69) is 15.4 Å². The van der Waals surface area contributed by atoms with E-state index >= 15 is 0 Å². The van der Waals surface area contributed by atoms with Gasteiger partial charge in [0.15, 0.2) is 17.5 Å². The van der Waals surface area contributed by atoms with Crippen LogP contribution >= 0.6 is 11.6 Å². The van der Waals surface area contributed by atoms with E-state index in [0.29, 0.717) is 11.8 Å². The number of alkyl halides is 3. The van der Waals surface area contributed by atoms with Crippen molar-refractivity contribution >= 4 is 17.3 Å². The first-order chi connectivity index (χ1) is 13.6. The van der Waals surface area contributed by atoms with Gasteiger partial charge in [0, 0.05) is 12.2 Å². The van der Waals surface area contributed by atoms with Gasteiger partial charge in [0.05, 0.1) is 17.4 Å². The molecule has 1 atom stereocenters. The van der Waals surface area contributed by atoms with E-state index < -0.39 is 35.0 Å². The second kappa shape index (κ2) is 7.78. The summed E-state index contributed by atoms with van der Waals surface area (Å²) >= 11 is 6.06. The smallest absolute Gasteiger partial charge is 0.376 e. The Morgan fingerprint density at radius 1 is 1.10 bits per heavy atom. The van der Waals surface area contributed by atoms with E-state index in [1.165, 1.54) is 12.3 Å². The highest BCUT2D eigenvalue weighted by atomic mass is 35.5. The molecule has 3 rings (SSSR count). The highest BCUT2D eigenvalue weighted by Gasteiger charge is 2.30. The molecular formula is C18H12ClF5N4O. The van der Waals surface area contributed by atoms with Crippen LogP contribution in [0.4, 0.5) is 27.6 Å². The Bertz CT molecular complexity index is 1100. The van der Waals surface area contributed by atoms with Crippen LogP contribution in [0.3, 0.4) is 0 Å². The lowest BCUT2D eigenvalue weighted by Crippen LogP contribution is -2.24. The summed E-state index contributed by atoms with van der Waals surface area (Å²) in [6, 6.07) is 4.54. The van der Waals surface area contributed by atoms with Gasteiger partial charge in [0.2, 0.25) is 0 Å². The van der Waals surface area contributed by atoms with Crippen molar-refractivity contribution in [2.24, 2.45) is 0 Å². The lowest BCUT2D eigenvalue weighted by molar-refractivity contribution is -0.137. The van der Waals surface area contributed by atoms with Crippen LogP contribution in [0.1, 0.15) is 24.1 Å². The van der Waals surface area contributed by atoms with Crippen LogP contribution in [-0.2, 0) is 6.18 Å². The minimum Gasteiger partial charge on any atom is -0.376 e. The Morgan fingerprint density at radius 2 is 1.83 bits per heavy atom. The number of nitrogens with one attached hydrogen (secondary N) is 1. The Morgan fingerprint density at radius 3 is 2.41 bits per heavy atom. The molecule has 0 radical (unpaired) electrons. The monoisotopic (exact) mass is 430 g/mol. The fourth-order valence-corrected chi connectivity index (χ4v) is 2.66. The van der Waals surface area contributed by atoms with Crippen LogP contribution in [0, 0.1) is 11.6 Å². The molecule has 3 aromatic rings. The first-order valence-electron chi connectivity index (χ1n) is 8.11. The normalized spacial score (nSPS) is 12.7. The van der Waals surface area contributed by atoms with E-state index in [9.17, 15) is 26.7 Å². The molecule has 2 aromatic heterocycles. The number of rotatable bonds is 4. The quantitative estimate of drug-likeness (QED) is 0.607. The third kappa shape index (κ3) is 4.37. The molecule has 0 amide bonds.